The van der Waals surface area contributed by atoms with Gasteiger partial charge in [0.1, 0.15) is 13.2 Å². The Morgan fingerprint density at radius 2 is 0.654 bits per heavy atom. The standard InChI is InChI=1S/C46H84O6/c1-4-7-10-13-16-19-21-22-23-25-27-30-33-36-39-45(48)51-42-43(41-50-44(47)38-35-32-29-26-18-15-12-9-6-3)52-46(49)40-37-34-31-28-24-20-17-14-11-8-5-2/h14,17,21-22,43H,4-13,15-16,18-20,23-42H2,1-3H3/b17-14-,22-21-/t43-/m1/s1. The highest BCUT2D eigenvalue weighted by molar-refractivity contribution is 5.71. The normalized spacial score (nSPS) is 12.1. The van der Waals surface area contributed by atoms with Gasteiger partial charge in [0, 0.05) is 19.3 Å². The third kappa shape index (κ3) is 39.1. The fraction of sp³-hybridized carbons (Fsp3) is 0.848. The largest absolute Gasteiger partial charge is 0.462 e. The van der Waals surface area contributed by atoms with Crippen LogP contribution in [0.3, 0.4) is 0 Å². The zero-order valence-electron chi connectivity index (χ0n) is 34.6. The first-order valence-electron chi connectivity index (χ1n) is 22.3. The fourth-order valence-corrected chi connectivity index (χ4v) is 6.24. The highest BCUT2D eigenvalue weighted by Gasteiger charge is 2.19. The molecule has 6 nitrogen and oxygen atoms in total. The summed E-state index contributed by atoms with van der Waals surface area (Å²) in [5.41, 5.74) is 0. The third-order valence-corrected chi connectivity index (χ3v) is 9.68. The van der Waals surface area contributed by atoms with Crippen LogP contribution in [0.15, 0.2) is 24.3 Å². The molecule has 0 aromatic rings. The van der Waals surface area contributed by atoms with Crippen LogP contribution in [0.2, 0.25) is 0 Å². The van der Waals surface area contributed by atoms with Crippen molar-refractivity contribution < 1.29 is 28.6 Å². The second-order valence-electron chi connectivity index (χ2n) is 15.0. The number of ether oxygens (including phenoxy) is 3. The summed E-state index contributed by atoms with van der Waals surface area (Å²) in [6.07, 6.45) is 44.4. The number of unbranched alkanes of at least 4 members (excludes halogenated alkanes) is 25. The van der Waals surface area contributed by atoms with E-state index in [0.717, 1.165) is 77.0 Å². The fourth-order valence-electron chi connectivity index (χ4n) is 6.24. The van der Waals surface area contributed by atoms with Crippen molar-refractivity contribution >= 4 is 17.9 Å². The van der Waals surface area contributed by atoms with Gasteiger partial charge < -0.3 is 14.2 Å². The monoisotopic (exact) mass is 733 g/mol. The van der Waals surface area contributed by atoms with Gasteiger partial charge in [-0.3, -0.25) is 14.4 Å². The smallest absolute Gasteiger partial charge is 0.306 e. The van der Waals surface area contributed by atoms with Crippen molar-refractivity contribution in [3.8, 4) is 0 Å². The molecule has 0 N–H and O–H groups in total. The minimum Gasteiger partial charge on any atom is -0.462 e. The molecular weight excluding hydrogens is 648 g/mol. The molecule has 0 aliphatic heterocycles. The third-order valence-electron chi connectivity index (χ3n) is 9.68. The molecule has 0 bridgehead atoms. The van der Waals surface area contributed by atoms with E-state index in [1.807, 2.05) is 0 Å². The predicted octanol–water partition coefficient (Wildman–Crippen LogP) is 14.0. The van der Waals surface area contributed by atoms with Gasteiger partial charge in [-0.05, 0) is 64.2 Å². The predicted molar refractivity (Wildman–Crippen MR) is 219 cm³/mol. The molecule has 0 radical (unpaired) electrons. The summed E-state index contributed by atoms with van der Waals surface area (Å²) in [6, 6.07) is 0. The molecule has 0 aromatic carbocycles. The van der Waals surface area contributed by atoms with Crippen LogP contribution in [-0.2, 0) is 28.6 Å². The van der Waals surface area contributed by atoms with Crippen molar-refractivity contribution in [2.75, 3.05) is 13.2 Å². The summed E-state index contributed by atoms with van der Waals surface area (Å²) in [5, 5.41) is 0. The zero-order valence-corrected chi connectivity index (χ0v) is 34.6. The van der Waals surface area contributed by atoms with E-state index in [1.54, 1.807) is 0 Å². The molecule has 6 heteroatoms. The van der Waals surface area contributed by atoms with E-state index in [9.17, 15) is 14.4 Å². The Labute approximate surface area is 322 Å². The van der Waals surface area contributed by atoms with Crippen LogP contribution < -0.4 is 0 Å². The number of carbonyl (C=O) groups is 3. The second kappa shape index (κ2) is 41.6. The molecule has 0 heterocycles. The summed E-state index contributed by atoms with van der Waals surface area (Å²) in [6.45, 7) is 6.55. The first-order chi connectivity index (χ1) is 25.5. The van der Waals surface area contributed by atoms with E-state index in [-0.39, 0.29) is 31.1 Å². The van der Waals surface area contributed by atoms with Crippen LogP contribution in [0.4, 0.5) is 0 Å². The molecule has 0 amide bonds. The lowest BCUT2D eigenvalue weighted by Gasteiger charge is -2.18. The molecule has 0 aliphatic carbocycles. The molecule has 52 heavy (non-hydrogen) atoms. The lowest BCUT2D eigenvalue weighted by Crippen LogP contribution is -2.30. The van der Waals surface area contributed by atoms with E-state index in [1.165, 1.54) is 116 Å². The van der Waals surface area contributed by atoms with Gasteiger partial charge in [0.25, 0.3) is 0 Å². The molecule has 0 unspecified atom stereocenters. The van der Waals surface area contributed by atoms with Gasteiger partial charge in [0.15, 0.2) is 6.10 Å². The molecule has 0 saturated carbocycles. The number of rotatable bonds is 40. The molecule has 0 rings (SSSR count). The molecular formula is C46H84O6. The van der Waals surface area contributed by atoms with Crippen molar-refractivity contribution in [3.05, 3.63) is 24.3 Å². The minimum atomic E-state index is -0.771. The maximum atomic E-state index is 12.7. The van der Waals surface area contributed by atoms with E-state index in [4.69, 9.17) is 14.2 Å². The Balaban J connectivity index is 4.35. The van der Waals surface area contributed by atoms with Crippen LogP contribution in [0.1, 0.15) is 233 Å². The van der Waals surface area contributed by atoms with Crippen molar-refractivity contribution in [3.63, 3.8) is 0 Å². The number of carbonyl (C=O) groups excluding carboxylic acids is 3. The van der Waals surface area contributed by atoms with Crippen molar-refractivity contribution in [1.29, 1.82) is 0 Å². The SMILES string of the molecule is CCCC/C=C\CCCCCCCC(=O)O[C@@H](COC(=O)CCCCCCC/C=C\CCCCCCC)COC(=O)CCCCCCCCCCC. The van der Waals surface area contributed by atoms with Crippen LogP contribution >= 0.6 is 0 Å². The van der Waals surface area contributed by atoms with E-state index in [0.29, 0.717) is 19.3 Å². The zero-order chi connectivity index (χ0) is 38.0. The molecule has 0 aromatic heterocycles. The van der Waals surface area contributed by atoms with Crippen molar-refractivity contribution in [2.45, 2.75) is 239 Å². The molecule has 0 saturated heterocycles. The molecule has 304 valence electrons. The maximum absolute atomic E-state index is 12.7. The molecule has 0 spiro atoms. The summed E-state index contributed by atoms with van der Waals surface area (Å²) in [5.74, 6) is -0.894. The Bertz CT molecular complexity index is 850. The van der Waals surface area contributed by atoms with Gasteiger partial charge in [-0.25, -0.2) is 0 Å². The van der Waals surface area contributed by atoms with Crippen LogP contribution in [-0.4, -0.2) is 37.2 Å². The van der Waals surface area contributed by atoms with Gasteiger partial charge in [0.2, 0.25) is 0 Å². The Morgan fingerprint density at radius 1 is 0.365 bits per heavy atom. The number of allylic oxidation sites excluding steroid dienone is 4. The average Bonchev–Trinajstić information content (AvgIpc) is 3.14. The van der Waals surface area contributed by atoms with Crippen LogP contribution in [0, 0.1) is 0 Å². The van der Waals surface area contributed by atoms with Gasteiger partial charge in [0.05, 0.1) is 0 Å². The first-order valence-corrected chi connectivity index (χ1v) is 22.3. The van der Waals surface area contributed by atoms with E-state index in [2.05, 4.69) is 45.1 Å². The second-order valence-corrected chi connectivity index (χ2v) is 15.0. The Morgan fingerprint density at radius 3 is 1.02 bits per heavy atom. The highest BCUT2D eigenvalue weighted by Crippen LogP contribution is 2.14. The lowest BCUT2D eigenvalue weighted by molar-refractivity contribution is -0.167. The van der Waals surface area contributed by atoms with E-state index < -0.39 is 6.10 Å². The summed E-state index contributed by atoms with van der Waals surface area (Å²) < 4.78 is 16.6. The topological polar surface area (TPSA) is 78.9 Å². The molecule has 0 aliphatic rings. The maximum Gasteiger partial charge on any atom is 0.306 e. The van der Waals surface area contributed by atoms with Crippen LogP contribution in [0.25, 0.3) is 0 Å². The van der Waals surface area contributed by atoms with E-state index >= 15 is 0 Å². The molecule has 1 atom stereocenters. The number of hydrogen-bond acceptors (Lipinski definition) is 6. The van der Waals surface area contributed by atoms with Crippen LogP contribution in [0.5, 0.6) is 0 Å². The number of hydrogen-bond donors (Lipinski definition) is 0. The summed E-state index contributed by atoms with van der Waals surface area (Å²) in [7, 11) is 0. The lowest BCUT2D eigenvalue weighted by atomic mass is 10.1. The van der Waals surface area contributed by atoms with Gasteiger partial charge in [-0.1, -0.05) is 173 Å². The summed E-state index contributed by atoms with van der Waals surface area (Å²) in [4.78, 5) is 37.6. The quantitative estimate of drug-likeness (QED) is 0.0270. The van der Waals surface area contributed by atoms with Gasteiger partial charge >= 0.3 is 17.9 Å². The average molecular weight is 733 g/mol. The number of esters is 3. The minimum absolute atomic E-state index is 0.0750. The molecule has 0 fully saturated rings. The van der Waals surface area contributed by atoms with Gasteiger partial charge in [-0.15, -0.1) is 0 Å². The highest BCUT2D eigenvalue weighted by atomic mass is 16.6. The Hall–Kier alpha value is -2.11. The Kier molecular flexibility index (Phi) is 40.0. The van der Waals surface area contributed by atoms with Gasteiger partial charge in [-0.2, -0.15) is 0 Å². The van der Waals surface area contributed by atoms with Crippen molar-refractivity contribution in [1.82, 2.24) is 0 Å². The first kappa shape index (κ1) is 49.9. The summed E-state index contributed by atoms with van der Waals surface area (Å²) >= 11 is 0. The van der Waals surface area contributed by atoms with Crippen molar-refractivity contribution in [2.24, 2.45) is 0 Å².